The number of carbonyl (C=O) groups is 1. The molecule has 2 aromatic heterocycles. The summed E-state index contributed by atoms with van der Waals surface area (Å²) in [5, 5.41) is 3.14. The van der Waals surface area contributed by atoms with E-state index in [4.69, 9.17) is 0 Å². The Morgan fingerprint density at radius 1 is 1.22 bits per heavy atom. The predicted octanol–water partition coefficient (Wildman–Crippen LogP) is 3.36. The van der Waals surface area contributed by atoms with E-state index in [1.165, 1.54) is 18.4 Å². The van der Waals surface area contributed by atoms with Crippen LogP contribution in [0.5, 0.6) is 0 Å². The van der Waals surface area contributed by atoms with Crippen molar-refractivity contribution in [2.45, 2.75) is 18.0 Å². The van der Waals surface area contributed by atoms with Crippen LogP contribution in [0.2, 0.25) is 0 Å². The Bertz CT molecular complexity index is 1030. The first-order chi connectivity index (χ1) is 13.0. The van der Waals surface area contributed by atoms with Gasteiger partial charge in [0.1, 0.15) is 11.6 Å². The summed E-state index contributed by atoms with van der Waals surface area (Å²) in [6, 6.07) is 9.47. The van der Waals surface area contributed by atoms with Crippen LogP contribution in [-0.2, 0) is 15.6 Å². The van der Waals surface area contributed by atoms with Gasteiger partial charge < -0.3 is 10.3 Å². The molecule has 0 saturated heterocycles. The Hall–Kier alpha value is -2.87. The second-order valence-corrected chi connectivity index (χ2v) is 7.71. The lowest BCUT2D eigenvalue weighted by molar-refractivity contribution is -0.117. The van der Waals surface area contributed by atoms with Crippen LogP contribution in [0.25, 0.3) is 22.5 Å². The number of amides is 1. The van der Waals surface area contributed by atoms with E-state index in [1.807, 2.05) is 0 Å². The van der Waals surface area contributed by atoms with Gasteiger partial charge in [-0.1, -0.05) is 0 Å². The van der Waals surface area contributed by atoms with Gasteiger partial charge in [0.2, 0.25) is 5.91 Å². The van der Waals surface area contributed by atoms with E-state index in [9.17, 15) is 13.4 Å². The van der Waals surface area contributed by atoms with Crippen molar-refractivity contribution in [1.82, 2.24) is 15.0 Å². The first kappa shape index (κ1) is 17.5. The molecule has 8 heteroatoms. The molecule has 0 spiro atoms. The minimum absolute atomic E-state index is 0.0317. The Morgan fingerprint density at radius 2 is 1.96 bits per heavy atom. The molecular weight excluding hydrogens is 367 g/mol. The highest BCUT2D eigenvalue weighted by molar-refractivity contribution is 7.84. The monoisotopic (exact) mass is 384 g/mol. The maximum atomic E-state index is 13.3. The van der Waals surface area contributed by atoms with E-state index in [0.29, 0.717) is 27.9 Å². The smallest absolute Gasteiger partial charge is 0.228 e. The summed E-state index contributed by atoms with van der Waals surface area (Å²) in [6.07, 6.45) is 4.94. The fourth-order valence-electron chi connectivity index (χ4n) is 2.74. The summed E-state index contributed by atoms with van der Waals surface area (Å²) < 4.78 is 25.2. The van der Waals surface area contributed by atoms with Crippen molar-refractivity contribution < 1.29 is 13.4 Å². The molecule has 138 valence electrons. The second kappa shape index (κ2) is 7.03. The number of anilines is 1. The lowest BCUT2D eigenvalue weighted by Crippen LogP contribution is -2.14. The lowest BCUT2D eigenvalue weighted by atomic mass is 10.1. The molecule has 2 heterocycles. The number of H-pyrrole nitrogens is 1. The fraction of sp³-hybridized carbons (Fsp3) is 0.211. The quantitative estimate of drug-likeness (QED) is 0.706. The van der Waals surface area contributed by atoms with E-state index in [-0.39, 0.29) is 17.6 Å². The van der Waals surface area contributed by atoms with Crippen LogP contribution >= 0.6 is 0 Å². The van der Waals surface area contributed by atoms with Crippen LogP contribution in [-0.4, -0.2) is 31.3 Å². The van der Waals surface area contributed by atoms with Crippen molar-refractivity contribution in [1.29, 1.82) is 0 Å². The SMILES string of the molecule is CS(=O)c1nc(-c2ccnc(NC(=O)C3CC3)c2)c(-c2ccc(F)cc2)[nH]1. The Kier molecular flexibility index (Phi) is 4.57. The number of rotatable bonds is 5. The van der Waals surface area contributed by atoms with E-state index in [2.05, 4.69) is 20.3 Å². The molecule has 1 aliphatic carbocycles. The molecule has 4 rings (SSSR count). The second-order valence-electron chi connectivity index (χ2n) is 6.42. The lowest BCUT2D eigenvalue weighted by Gasteiger charge is -2.07. The van der Waals surface area contributed by atoms with Gasteiger partial charge in [-0.05, 0) is 49.2 Å². The third-order valence-corrected chi connectivity index (χ3v) is 5.06. The number of hydrogen-bond acceptors (Lipinski definition) is 4. The zero-order chi connectivity index (χ0) is 19.0. The van der Waals surface area contributed by atoms with Gasteiger partial charge in [-0.25, -0.2) is 14.4 Å². The van der Waals surface area contributed by atoms with Crippen molar-refractivity contribution in [3.8, 4) is 22.5 Å². The molecule has 1 atom stereocenters. The molecule has 1 saturated carbocycles. The molecule has 0 bridgehead atoms. The van der Waals surface area contributed by atoms with E-state index in [0.717, 1.165) is 18.4 Å². The molecule has 0 aliphatic heterocycles. The van der Waals surface area contributed by atoms with Gasteiger partial charge in [-0.2, -0.15) is 0 Å². The molecule has 0 radical (unpaired) electrons. The summed E-state index contributed by atoms with van der Waals surface area (Å²) in [4.78, 5) is 23.7. The number of nitrogens with zero attached hydrogens (tertiary/aromatic N) is 2. The molecule has 6 nitrogen and oxygen atoms in total. The number of hydrogen-bond donors (Lipinski definition) is 2. The molecule has 1 unspecified atom stereocenters. The number of halogens is 1. The van der Waals surface area contributed by atoms with E-state index < -0.39 is 10.8 Å². The number of benzene rings is 1. The molecule has 27 heavy (non-hydrogen) atoms. The number of aromatic amines is 1. The highest BCUT2D eigenvalue weighted by Gasteiger charge is 2.29. The van der Waals surface area contributed by atoms with Crippen LogP contribution in [0.15, 0.2) is 47.8 Å². The molecule has 1 aliphatic rings. The topological polar surface area (TPSA) is 87.7 Å². The number of pyridine rings is 1. The molecule has 3 aromatic rings. The fourth-order valence-corrected chi connectivity index (χ4v) is 3.21. The first-order valence-corrected chi connectivity index (χ1v) is 10.0. The zero-order valence-electron chi connectivity index (χ0n) is 14.5. The molecule has 1 aromatic carbocycles. The van der Waals surface area contributed by atoms with E-state index >= 15 is 0 Å². The summed E-state index contributed by atoms with van der Waals surface area (Å²) in [7, 11) is -1.31. The third kappa shape index (κ3) is 3.80. The number of carbonyl (C=O) groups excluding carboxylic acids is 1. The van der Waals surface area contributed by atoms with Crippen molar-refractivity contribution >= 4 is 22.5 Å². The molecule has 1 fully saturated rings. The standard InChI is InChI=1S/C19H17FN4O2S/c1-27(26)19-23-16(11-4-6-14(20)7-5-11)17(24-19)13-8-9-21-15(10-13)22-18(25)12-2-3-12/h4-10,12H,2-3H2,1H3,(H,23,24)(H,21,22,25). The normalized spacial score (nSPS) is 14.7. The van der Waals surface area contributed by atoms with Gasteiger partial charge in [-0.3, -0.25) is 9.00 Å². The van der Waals surface area contributed by atoms with Crippen molar-refractivity contribution in [3.05, 3.63) is 48.4 Å². The van der Waals surface area contributed by atoms with Gasteiger partial charge in [-0.15, -0.1) is 0 Å². The Morgan fingerprint density at radius 3 is 2.63 bits per heavy atom. The van der Waals surface area contributed by atoms with E-state index in [1.54, 1.807) is 30.5 Å². The van der Waals surface area contributed by atoms with Gasteiger partial charge in [0, 0.05) is 29.5 Å². The maximum Gasteiger partial charge on any atom is 0.228 e. The molecule has 1 amide bonds. The van der Waals surface area contributed by atoms with Gasteiger partial charge >= 0.3 is 0 Å². The van der Waals surface area contributed by atoms with Crippen molar-refractivity contribution in [2.75, 3.05) is 11.6 Å². The van der Waals surface area contributed by atoms with Crippen LogP contribution in [0.4, 0.5) is 10.2 Å². The number of aromatic nitrogens is 3. The zero-order valence-corrected chi connectivity index (χ0v) is 15.3. The van der Waals surface area contributed by atoms with Crippen LogP contribution in [0.3, 0.4) is 0 Å². The van der Waals surface area contributed by atoms with Crippen LogP contribution in [0.1, 0.15) is 12.8 Å². The highest BCUT2D eigenvalue weighted by Crippen LogP contribution is 2.33. The van der Waals surface area contributed by atoms with Gasteiger partial charge in [0.05, 0.1) is 22.2 Å². The highest BCUT2D eigenvalue weighted by atomic mass is 32.2. The average molecular weight is 384 g/mol. The Labute approximate surface area is 157 Å². The summed E-state index contributed by atoms with van der Waals surface area (Å²) >= 11 is 0. The van der Waals surface area contributed by atoms with Crippen LogP contribution in [0, 0.1) is 11.7 Å². The maximum absolute atomic E-state index is 13.3. The largest absolute Gasteiger partial charge is 0.330 e. The minimum atomic E-state index is -1.31. The van der Waals surface area contributed by atoms with Crippen molar-refractivity contribution in [3.63, 3.8) is 0 Å². The van der Waals surface area contributed by atoms with Crippen molar-refractivity contribution in [2.24, 2.45) is 5.92 Å². The summed E-state index contributed by atoms with van der Waals surface area (Å²) in [5.41, 5.74) is 2.63. The summed E-state index contributed by atoms with van der Waals surface area (Å²) in [6.45, 7) is 0. The summed E-state index contributed by atoms with van der Waals surface area (Å²) in [5.74, 6) is 0.144. The number of nitrogens with one attached hydrogen (secondary N) is 2. The first-order valence-electron chi connectivity index (χ1n) is 8.48. The van der Waals surface area contributed by atoms with Crippen LogP contribution < -0.4 is 5.32 Å². The average Bonchev–Trinajstić information content (AvgIpc) is 3.41. The molecular formula is C19H17FN4O2S. The van der Waals surface area contributed by atoms with Gasteiger partial charge in [0.25, 0.3) is 0 Å². The van der Waals surface area contributed by atoms with Gasteiger partial charge in [0.15, 0.2) is 5.16 Å². The molecule has 2 N–H and O–H groups in total. The third-order valence-electron chi connectivity index (χ3n) is 4.32. The predicted molar refractivity (Wildman–Crippen MR) is 101 cm³/mol. The Balaban J connectivity index is 1.75. The number of imidazole rings is 1. The minimum Gasteiger partial charge on any atom is -0.330 e.